The molecular formula is C21H24N4O2. The van der Waals surface area contributed by atoms with Crippen molar-refractivity contribution in [2.24, 2.45) is 0 Å². The van der Waals surface area contributed by atoms with Gasteiger partial charge in [0.05, 0.1) is 11.3 Å². The second-order valence-electron chi connectivity index (χ2n) is 6.81. The van der Waals surface area contributed by atoms with E-state index in [0.717, 1.165) is 22.7 Å². The molecule has 0 spiro atoms. The standard InChI is InChI=1S/C21H24N4O2/c1-13(2)16-5-8-18(9-6-16)27-20-10-7-17(11-22-20)21(26)23-12-19-14(3)24-25-15(19)4/h5-11,13H,12H2,1-4H3,(H,23,26)(H,24,25). The van der Waals surface area contributed by atoms with Gasteiger partial charge in [-0.2, -0.15) is 5.10 Å². The first-order chi connectivity index (χ1) is 12.9. The number of hydrogen-bond acceptors (Lipinski definition) is 4. The van der Waals surface area contributed by atoms with Crippen molar-refractivity contribution in [1.82, 2.24) is 20.5 Å². The molecule has 140 valence electrons. The molecule has 6 heteroatoms. The third kappa shape index (κ3) is 4.53. The van der Waals surface area contributed by atoms with E-state index in [2.05, 4.69) is 34.3 Å². The molecule has 0 aliphatic heterocycles. The highest BCUT2D eigenvalue weighted by Gasteiger charge is 2.11. The molecule has 1 amide bonds. The normalized spacial score (nSPS) is 10.9. The summed E-state index contributed by atoms with van der Waals surface area (Å²) in [5.74, 6) is 1.46. The van der Waals surface area contributed by atoms with Crippen molar-refractivity contribution < 1.29 is 9.53 Å². The molecule has 0 aliphatic rings. The molecule has 2 heterocycles. The summed E-state index contributed by atoms with van der Waals surface area (Å²) in [7, 11) is 0. The van der Waals surface area contributed by atoms with Gasteiger partial charge < -0.3 is 10.1 Å². The summed E-state index contributed by atoms with van der Waals surface area (Å²) >= 11 is 0. The molecule has 0 unspecified atom stereocenters. The highest BCUT2D eigenvalue weighted by molar-refractivity contribution is 5.93. The minimum absolute atomic E-state index is 0.185. The van der Waals surface area contributed by atoms with Crippen LogP contribution in [0, 0.1) is 13.8 Å². The van der Waals surface area contributed by atoms with Gasteiger partial charge in [-0.05, 0) is 43.5 Å². The zero-order valence-electron chi connectivity index (χ0n) is 16.0. The number of benzene rings is 1. The van der Waals surface area contributed by atoms with Crippen molar-refractivity contribution in [3.05, 3.63) is 70.7 Å². The van der Waals surface area contributed by atoms with Gasteiger partial charge in [0, 0.05) is 30.1 Å². The van der Waals surface area contributed by atoms with E-state index >= 15 is 0 Å². The summed E-state index contributed by atoms with van der Waals surface area (Å²) < 4.78 is 5.74. The van der Waals surface area contributed by atoms with Crippen LogP contribution < -0.4 is 10.1 Å². The topological polar surface area (TPSA) is 79.9 Å². The van der Waals surface area contributed by atoms with Gasteiger partial charge in [-0.3, -0.25) is 9.89 Å². The van der Waals surface area contributed by atoms with E-state index in [1.165, 1.54) is 11.8 Å². The SMILES string of the molecule is Cc1n[nH]c(C)c1CNC(=O)c1ccc(Oc2ccc(C(C)C)cc2)nc1. The predicted molar refractivity (Wildman–Crippen MR) is 104 cm³/mol. The zero-order chi connectivity index (χ0) is 19.4. The van der Waals surface area contributed by atoms with Gasteiger partial charge >= 0.3 is 0 Å². The third-order valence-electron chi connectivity index (χ3n) is 4.47. The molecule has 1 aromatic carbocycles. The fourth-order valence-corrected chi connectivity index (χ4v) is 2.72. The van der Waals surface area contributed by atoms with Gasteiger partial charge in [-0.25, -0.2) is 4.98 Å². The van der Waals surface area contributed by atoms with E-state index in [1.807, 2.05) is 38.1 Å². The third-order valence-corrected chi connectivity index (χ3v) is 4.47. The molecular weight excluding hydrogens is 340 g/mol. The van der Waals surface area contributed by atoms with Crippen LogP contribution in [0.1, 0.15) is 52.6 Å². The van der Waals surface area contributed by atoms with Crippen LogP contribution in [0.15, 0.2) is 42.6 Å². The Bertz CT molecular complexity index is 893. The number of pyridine rings is 1. The lowest BCUT2D eigenvalue weighted by molar-refractivity contribution is 0.0950. The van der Waals surface area contributed by atoms with Crippen LogP contribution in [0.5, 0.6) is 11.6 Å². The number of amides is 1. The summed E-state index contributed by atoms with van der Waals surface area (Å²) in [5, 5.41) is 9.93. The molecule has 0 saturated carbocycles. The number of aryl methyl sites for hydroxylation is 2. The number of hydrogen-bond donors (Lipinski definition) is 2. The fraction of sp³-hybridized carbons (Fsp3) is 0.286. The van der Waals surface area contributed by atoms with Crippen LogP contribution in [0.3, 0.4) is 0 Å². The molecule has 6 nitrogen and oxygen atoms in total. The van der Waals surface area contributed by atoms with E-state index in [4.69, 9.17) is 4.74 Å². The second kappa shape index (κ2) is 8.03. The number of ether oxygens (including phenoxy) is 1. The first-order valence-electron chi connectivity index (χ1n) is 8.96. The van der Waals surface area contributed by atoms with E-state index in [-0.39, 0.29) is 5.91 Å². The number of nitrogens with one attached hydrogen (secondary N) is 2. The summed E-state index contributed by atoms with van der Waals surface area (Å²) in [6.45, 7) is 8.56. The van der Waals surface area contributed by atoms with E-state index in [1.54, 1.807) is 12.1 Å². The molecule has 3 aromatic rings. The fourth-order valence-electron chi connectivity index (χ4n) is 2.72. The summed E-state index contributed by atoms with van der Waals surface area (Å²) in [4.78, 5) is 16.5. The molecule has 2 aromatic heterocycles. The molecule has 3 rings (SSSR count). The lowest BCUT2D eigenvalue weighted by Gasteiger charge is -2.09. The van der Waals surface area contributed by atoms with Crippen LogP contribution in [-0.2, 0) is 6.54 Å². The quantitative estimate of drug-likeness (QED) is 0.685. The van der Waals surface area contributed by atoms with E-state index in [0.29, 0.717) is 23.9 Å². The van der Waals surface area contributed by atoms with Gasteiger partial charge in [0.1, 0.15) is 5.75 Å². The van der Waals surface area contributed by atoms with Crippen molar-refractivity contribution >= 4 is 5.91 Å². The molecule has 0 radical (unpaired) electrons. The van der Waals surface area contributed by atoms with Gasteiger partial charge in [-0.15, -0.1) is 0 Å². The van der Waals surface area contributed by atoms with E-state index < -0.39 is 0 Å². The number of carbonyl (C=O) groups is 1. The summed E-state index contributed by atoms with van der Waals surface area (Å²) in [6.07, 6.45) is 1.52. The average molecular weight is 364 g/mol. The minimum atomic E-state index is -0.185. The van der Waals surface area contributed by atoms with Crippen molar-refractivity contribution in [2.75, 3.05) is 0 Å². The number of carbonyl (C=O) groups excluding carboxylic acids is 1. The molecule has 0 atom stereocenters. The van der Waals surface area contributed by atoms with Crippen molar-refractivity contribution in [1.29, 1.82) is 0 Å². The van der Waals surface area contributed by atoms with Gasteiger partial charge in [0.2, 0.25) is 5.88 Å². The monoisotopic (exact) mass is 364 g/mol. The maximum atomic E-state index is 12.3. The zero-order valence-corrected chi connectivity index (χ0v) is 16.0. The van der Waals surface area contributed by atoms with Crippen molar-refractivity contribution in [3.8, 4) is 11.6 Å². The van der Waals surface area contributed by atoms with Gasteiger partial charge in [0.15, 0.2) is 0 Å². The smallest absolute Gasteiger partial charge is 0.253 e. The van der Waals surface area contributed by atoms with Crippen LogP contribution in [0.2, 0.25) is 0 Å². The summed E-state index contributed by atoms with van der Waals surface area (Å²) in [5.41, 5.74) is 4.58. The maximum absolute atomic E-state index is 12.3. The predicted octanol–water partition coefficient (Wildman–Crippen LogP) is 4.27. The van der Waals surface area contributed by atoms with E-state index in [9.17, 15) is 4.79 Å². The van der Waals surface area contributed by atoms with Crippen LogP contribution in [0.4, 0.5) is 0 Å². The van der Waals surface area contributed by atoms with Gasteiger partial charge in [-0.1, -0.05) is 26.0 Å². The van der Waals surface area contributed by atoms with Crippen molar-refractivity contribution in [2.45, 2.75) is 40.2 Å². The molecule has 0 saturated heterocycles. The minimum Gasteiger partial charge on any atom is -0.439 e. The Morgan fingerprint density at radius 1 is 1.15 bits per heavy atom. The second-order valence-corrected chi connectivity index (χ2v) is 6.81. The Balaban J connectivity index is 1.60. The Hall–Kier alpha value is -3.15. The maximum Gasteiger partial charge on any atom is 0.253 e. The highest BCUT2D eigenvalue weighted by atomic mass is 16.5. The van der Waals surface area contributed by atoms with Crippen LogP contribution in [-0.4, -0.2) is 21.1 Å². The Labute approximate surface area is 159 Å². The summed E-state index contributed by atoms with van der Waals surface area (Å²) in [6, 6.07) is 11.3. The Morgan fingerprint density at radius 3 is 2.44 bits per heavy atom. The van der Waals surface area contributed by atoms with Crippen molar-refractivity contribution in [3.63, 3.8) is 0 Å². The molecule has 0 aliphatic carbocycles. The number of aromatic amines is 1. The van der Waals surface area contributed by atoms with Gasteiger partial charge in [0.25, 0.3) is 5.91 Å². The largest absolute Gasteiger partial charge is 0.439 e. The first-order valence-corrected chi connectivity index (χ1v) is 8.96. The number of nitrogens with zero attached hydrogens (tertiary/aromatic N) is 2. The van der Waals surface area contributed by atoms with Crippen LogP contribution in [0.25, 0.3) is 0 Å². The lowest BCUT2D eigenvalue weighted by atomic mass is 10.0. The average Bonchev–Trinajstić information content (AvgIpc) is 2.98. The molecule has 2 N–H and O–H groups in total. The Kier molecular flexibility index (Phi) is 5.54. The number of H-pyrrole nitrogens is 1. The van der Waals surface area contributed by atoms with Crippen LogP contribution >= 0.6 is 0 Å². The number of rotatable bonds is 6. The Morgan fingerprint density at radius 2 is 1.89 bits per heavy atom. The molecule has 0 bridgehead atoms. The number of aromatic nitrogens is 3. The lowest BCUT2D eigenvalue weighted by Crippen LogP contribution is -2.23. The first kappa shape index (κ1) is 18.6. The molecule has 0 fully saturated rings. The molecule has 27 heavy (non-hydrogen) atoms. The highest BCUT2D eigenvalue weighted by Crippen LogP contribution is 2.22.